The fourth-order valence-electron chi connectivity index (χ4n) is 3.02. The summed E-state index contributed by atoms with van der Waals surface area (Å²) in [5, 5.41) is 0. The van der Waals surface area contributed by atoms with E-state index in [1.54, 1.807) is 35.5 Å². The predicted octanol–water partition coefficient (Wildman–Crippen LogP) is 1.01. The molecular formula is C18H16N6O2. The Kier molecular flexibility index (Phi) is 3.92. The monoisotopic (exact) mass is 348 g/mol. The minimum atomic E-state index is -0.172. The molecule has 3 aromatic rings. The summed E-state index contributed by atoms with van der Waals surface area (Å²) in [6, 6.07) is 6.77. The maximum Gasteiger partial charge on any atom is 0.254 e. The molecule has 8 heteroatoms. The van der Waals surface area contributed by atoms with Crippen LogP contribution in [0.25, 0.3) is 11.4 Å². The lowest BCUT2D eigenvalue weighted by atomic mass is 10.0. The second-order valence-corrected chi connectivity index (χ2v) is 6.03. The summed E-state index contributed by atoms with van der Waals surface area (Å²) in [7, 11) is 0. The fraction of sp³-hybridized carbons (Fsp3) is 0.167. The zero-order chi connectivity index (χ0) is 18.1. The Labute approximate surface area is 148 Å². The number of nitrogens with one attached hydrogen (secondary N) is 1. The van der Waals surface area contributed by atoms with Crippen molar-refractivity contribution in [3.63, 3.8) is 0 Å². The van der Waals surface area contributed by atoms with Crippen LogP contribution in [0.5, 0.6) is 0 Å². The van der Waals surface area contributed by atoms with Crippen LogP contribution >= 0.6 is 0 Å². The molecule has 1 aliphatic rings. The molecule has 3 N–H and O–H groups in total. The number of aromatic nitrogens is 4. The molecule has 1 aliphatic heterocycles. The molecule has 8 nitrogen and oxygen atoms in total. The molecule has 0 aromatic carbocycles. The summed E-state index contributed by atoms with van der Waals surface area (Å²) in [5.41, 5.74) is 7.91. The van der Waals surface area contributed by atoms with Gasteiger partial charge in [-0.25, -0.2) is 9.97 Å². The lowest BCUT2D eigenvalue weighted by Crippen LogP contribution is -2.39. The predicted molar refractivity (Wildman–Crippen MR) is 95.2 cm³/mol. The van der Waals surface area contributed by atoms with E-state index >= 15 is 0 Å². The Morgan fingerprint density at radius 2 is 2.15 bits per heavy atom. The van der Waals surface area contributed by atoms with E-state index in [9.17, 15) is 9.59 Å². The first kappa shape index (κ1) is 15.9. The van der Waals surface area contributed by atoms with Crippen molar-refractivity contribution in [3.8, 4) is 11.4 Å². The minimum Gasteiger partial charge on any atom is -0.384 e. The average molecular weight is 348 g/mol. The van der Waals surface area contributed by atoms with Crippen molar-refractivity contribution < 1.29 is 4.79 Å². The Hall–Kier alpha value is -3.55. The van der Waals surface area contributed by atoms with Crippen molar-refractivity contribution >= 4 is 11.7 Å². The molecule has 0 unspecified atom stereocenters. The van der Waals surface area contributed by atoms with E-state index in [1.807, 2.05) is 6.07 Å². The number of hydrogen-bond donors (Lipinski definition) is 2. The summed E-state index contributed by atoms with van der Waals surface area (Å²) in [6.45, 7) is 0.721. The molecule has 26 heavy (non-hydrogen) atoms. The lowest BCUT2D eigenvalue weighted by Gasteiger charge is -2.28. The first-order chi connectivity index (χ1) is 12.6. The third kappa shape index (κ3) is 2.92. The molecule has 0 spiro atoms. The lowest BCUT2D eigenvalue weighted by molar-refractivity contribution is 0.0731. The highest BCUT2D eigenvalue weighted by molar-refractivity contribution is 5.94. The highest BCUT2D eigenvalue weighted by Crippen LogP contribution is 2.20. The van der Waals surface area contributed by atoms with E-state index in [1.165, 1.54) is 6.20 Å². The van der Waals surface area contributed by atoms with Crippen molar-refractivity contribution in [1.82, 2.24) is 24.8 Å². The van der Waals surface area contributed by atoms with E-state index in [4.69, 9.17) is 5.73 Å². The third-order valence-electron chi connectivity index (χ3n) is 4.32. The molecule has 0 bridgehead atoms. The smallest absolute Gasteiger partial charge is 0.254 e. The fourth-order valence-corrected chi connectivity index (χ4v) is 3.02. The number of nitrogens with zero attached hydrogens (tertiary/aromatic N) is 4. The molecule has 0 radical (unpaired) electrons. The van der Waals surface area contributed by atoms with Gasteiger partial charge in [-0.05, 0) is 30.7 Å². The van der Waals surface area contributed by atoms with E-state index in [0.717, 1.165) is 5.56 Å². The summed E-state index contributed by atoms with van der Waals surface area (Å²) < 4.78 is 0. The number of pyridine rings is 2. The Bertz CT molecular complexity index is 1030. The van der Waals surface area contributed by atoms with Crippen LogP contribution in [0.2, 0.25) is 0 Å². The largest absolute Gasteiger partial charge is 0.384 e. The normalized spacial score (nSPS) is 13.3. The molecule has 0 saturated carbocycles. The van der Waals surface area contributed by atoms with Gasteiger partial charge in [0, 0.05) is 41.8 Å². The van der Waals surface area contributed by atoms with Gasteiger partial charge in [0.2, 0.25) is 0 Å². The highest BCUT2D eigenvalue weighted by Gasteiger charge is 2.25. The topological polar surface area (TPSA) is 118 Å². The molecule has 0 saturated heterocycles. The van der Waals surface area contributed by atoms with Crippen LogP contribution < -0.4 is 11.3 Å². The van der Waals surface area contributed by atoms with Crippen LogP contribution in [0.15, 0.2) is 47.7 Å². The van der Waals surface area contributed by atoms with Gasteiger partial charge in [0.05, 0.1) is 12.2 Å². The number of carbonyl (C=O) groups excluding carboxylic acids is 1. The first-order valence-corrected chi connectivity index (χ1v) is 8.15. The molecule has 4 heterocycles. The number of fused-ring (bicyclic) bond motifs is 1. The van der Waals surface area contributed by atoms with Gasteiger partial charge in [0.25, 0.3) is 11.5 Å². The van der Waals surface area contributed by atoms with Gasteiger partial charge >= 0.3 is 0 Å². The van der Waals surface area contributed by atoms with Crippen molar-refractivity contribution in [2.24, 2.45) is 0 Å². The number of amides is 1. The molecule has 4 rings (SSSR count). The number of aromatic amines is 1. The zero-order valence-electron chi connectivity index (χ0n) is 13.8. The number of H-pyrrole nitrogens is 1. The molecule has 130 valence electrons. The molecule has 0 aliphatic carbocycles. The van der Waals surface area contributed by atoms with Crippen LogP contribution in [0, 0.1) is 0 Å². The van der Waals surface area contributed by atoms with E-state index in [0.29, 0.717) is 41.4 Å². The SMILES string of the molecule is Nc1cc(C(=O)N2CCc3c(nc(-c4cccnc4)[nH]c3=O)C2)ccn1. The van der Waals surface area contributed by atoms with Crippen molar-refractivity contribution in [3.05, 3.63) is 70.0 Å². The molecule has 0 fully saturated rings. The highest BCUT2D eigenvalue weighted by atomic mass is 16.2. The van der Waals surface area contributed by atoms with Crippen LogP contribution in [0.4, 0.5) is 5.82 Å². The van der Waals surface area contributed by atoms with Crippen molar-refractivity contribution in [2.45, 2.75) is 13.0 Å². The molecular weight excluding hydrogens is 332 g/mol. The summed E-state index contributed by atoms with van der Waals surface area (Å²) >= 11 is 0. The van der Waals surface area contributed by atoms with Crippen LogP contribution in [-0.4, -0.2) is 37.3 Å². The molecule has 0 atom stereocenters. The van der Waals surface area contributed by atoms with Gasteiger partial charge in [0.1, 0.15) is 11.6 Å². The maximum absolute atomic E-state index is 12.7. The van der Waals surface area contributed by atoms with Crippen molar-refractivity contribution in [1.29, 1.82) is 0 Å². The second-order valence-electron chi connectivity index (χ2n) is 6.03. The van der Waals surface area contributed by atoms with Gasteiger partial charge in [-0.2, -0.15) is 0 Å². The summed E-state index contributed by atoms with van der Waals surface area (Å²) in [5.74, 6) is 0.584. The van der Waals surface area contributed by atoms with Gasteiger partial charge in [0.15, 0.2) is 0 Å². The second kappa shape index (κ2) is 6.40. The quantitative estimate of drug-likeness (QED) is 0.713. The van der Waals surface area contributed by atoms with Crippen LogP contribution in [0.1, 0.15) is 21.6 Å². The van der Waals surface area contributed by atoms with E-state index < -0.39 is 0 Å². The minimum absolute atomic E-state index is 0.158. The maximum atomic E-state index is 12.7. The number of rotatable bonds is 2. The molecule has 3 aromatic heterocycles. The zero-order valence-corrected chi connectivity index (χ0v) is 13.8. The van der Waals surface area contributed by atoms with E-state index in [2.05, 4.69) is 19.9 Å². The average Bonchev–Trinajstić information content (AvgIpc) is 2.67. The van der Waals surface area contributed by atoms with E-state index in [-0.39, 0.29) is 18.0 Å². The number of carbonyl (C=O) groups is 1. The Balaban J connectivity index is 1.67. The Morgan fingerprint density at radius 1 is 1.27 bits per heavy atom. The molecule has 1 amide bonds. The number of nitrogens with two attached hydrogens (primary N) is 1. The van der Waals surface area contributed by atoms with Crippen LogP contribution in [0.3, 0.4) is 0 Å². The number of anilines is 1. The first-order valence-electron chi connectivity index (χ1n) is 8.15. The van der Waals surface area contributed by atoms with Crippen LogP contribution in [-0.2, 0) is 13.0 Å². The van der Waals surface area contributed by atoms with Gasteiger partial charge < -0.3 is 15.6 Å². The van der Waals surface area contributed by atoms with Gasteiger partial charge in [-0.15, -0.1) is 0 Å². The number of nitrogen functional groups attached to an aromatic ring is 1. The van der Waals surface area contributed by atoms with Gasteiger partial charge in [-0.3, -0.25) is 14.6 Å². The summed E-state index contributed by atoms with van der Waals surface area (Å²) in [6.07, 6.45) is 5.25. The third-order valence-corrected chi connectivity index (χ3v) is 4.32. The Morgan fingerprint density at radius 3 is 2.92 bits per heavy atom. The van der Waals surface area contributed by atoms with Crippen molar-refractivity contribution in [2.75, 3.05) is 12.3 Å². The standard InChI is InChI=1S/C18H16N6O2/c19-15-8-11(3-6-21-15)18(26)24-7-4-13-14(10-24)22-16(23-17(13)25)12-2-1-5-20-9-12/h1-3,5-6,8-9H,4,7,10H2,(H2,19,21)(H,22,23,25). The van der Waals surface area contributed by atoms with Gasteiger partial charge in [-0.1, -0.05) is 0 Å². The number of hydrogen-bond acceptors (Lipinski definition) is 6. The summed E-state index contributed by atoms with van der Waals surface area (Å²) in [4.78, 5) is 42.1.